The van der Waals surface area contributed by atoms with Crippen molar-refractivity contribution in [3.8, 4) is 5.75 Å². The zero-order valence-electron chi connectivity index (χ0n) is 17.4. The van der Waals surface area contributed by atoms with E-state index in [1.165, 1.54) is 21.3 Å². The summed E-state index contributed by atoms with van der Waals surface area (Å²) in [7, 11) is 4.08. The molecule has 0 spiro atoms. The number of nitrogens with zero attached hydrogens (tertiary/aromatic N) is 2. The summed E-state index contributed by atoms with van der Waals surface area (Å²) in [6.45, 7) is -0.159. The number of aromatic nitrogens is 1. The van der Waals surface area contributed by atoms with E-state index in [4.69, 9.17) is 18.6 Å². The number of ether oxygens (including phenoxy) is 3. The quantitative estimate of drug-likeness (QED) is 0.426. The van der Waals surface area contributed by atoms with Crippen LogP contribution in [0.2, 0.25) is 0 Å². The molecule has 0 unspecified atom stereocenters. The largest absolute Gasteiger partial charge is 0.493 e. The van der Waals surface area contributed by atoms with Crippen LogP contribution in [0.15, 0.2) is 51.9 Å². The Hall–Kier alpha value is -3.92. The summed E-state index contributed by atoms with van der Waals surface area (Å²) in [5, 5.41) is 0.699. The highest BCUT2D eigenvalue weighted by Crippen LogP contribution is 2.28. The maximum Gasteiger partial charge on any atom is 0.337 e. The molecule has 0 atom stereocenters. The van der Waals surface area contributed by atoms with E-state index in [0.29, 0.717) is 32.5 Å². The zero-order valence-corrected chi connectivity index (χ0v) is 18.2. The lowest BCUT2D eigenvalue weighted by Gasteiger charge is -2.04. The summed E-state index contributed by atoms with van der Waals surface area (Å²) in [6.07, 6.45) is 0. The first-order chi connectivity index (χ1) is 15.4. The Balaban J connectivity index is 1.84. The first-order valence-electron chi connectivity index (χ1n) is 9.39. The SMILES string of the molecule is COC(=O)Cn1c(=NC(=O)c2cc3cccc(OC)c3o2)sc2cc(C(=O)OC)ccc21. The third-order valence-corrected chi connectivity index (χ3v) is 5.80. The minimum Gasteiger partial charge on any atom is -0.493 e. The average Bonchev–Trinajstić information content (AvgIpc) is 3.39. The van der Waals surface area contributed by atoms with Crippen LogP contribution in [-0.2, 0) is 20.8 Å². The fraction of sp³-hybridized carbons (Fsp3) is 0.182. The molecule has 0 radical (unpaired) electrons. The van der Waals surface area contributed by atoms with Crippen LogP contribution in [0.4, 0.5) is 0 Å². The van der Waals surface area contributed by atoms with Crippen molar-refractivity contribution in [2.45, 2.75) is 6.54 Å². The zero-order chi connectivity index (χ0) is 22.8. The van der Waals surface area contributed by atoms with E-state index in [2.05, 4.69) is 4.99 Å². The lowest BCUT2D eigenvalue weighted by molar-refractivity contribution is -0.141. The number of hydrogen-bond acceptors (Lipinski definition) is 8. The molecule has 4 aromatic rings. The highest BCUT2D eigenvalue weighted by molar-refractivity contribution is 7.16. The molecule has 9 nitrogen and oxygen atoms in total. The second kappa shape index (κ2) is 8.67. The molecule has 4 rings (SSSR count). The number of hydrogen-bond donors (Lipinski definition) is 0. The smallest absolute Gasteiger partial charge is 0.337 e. The van der Waals surface area contributed by atoms with Crippen molar-refractivity contribution in [1.82, 2.24) is 4.57 Å². The van der Waals surface area contributed by atoms with E-state index in [9.17, 15) is 14.4 Å². The van der Waals surface area contributed by atoms with E-state index in [1.807, 2.05) is 0 Å². The van der Waals surface area contributed by atoms with E-state index in [-0.39, 0.29) is 17.1 Å². The number of thiazole rings is 1. The van der Waals surface area contributed by atoms with Gasteiger partial charge in [0.05, 0.1) is 37.1 Å². The summed E-state index contributed by atoms with van der Waals surface area (Å²) < 4.78 is 22.7. The number of rotatable bonds is 5. The number of fused-ring (bicyclic) bond motifs is 2. The van der Waals surface area contributed by atoms with Gasteiger partial charge in [0, 0.05) is 5.39 Å². The van der Waals surface area contributed by atoms with Gasteiger partial charge in [-0.3, -0.25) is 9.59 Å². The normalized spacial score (nSPS) is 11.7. The van der Waals surface area contributed by atoms with Crippen molar-refractivity contribution in [3.05, 3.63) is 58.6 Å². The van der Waals surface area contributed by atoms with Crippen LogP contribution in [0.5, 0.6) is 5.75 Å². The first kappa shape index (κ1) is 21.3. The Labute approximate surface area is 185 Å². The van der Waals surface area contributed by atoms with Gasteiger partial charge in [0.1, 0.15) is 6.54 Å². The number of para-hydroxylation sites is 1. The molecule has 0 aliphatic carbocycles. The Morgan fingerprint density at radius 1 is 1.06 bits per heavy atom. The van der Waals surface area contributed by atoms with Gasteiger partial charge in [-0.25, -0.2) is 4.79 Å². The van der Waals surface area contributed by atoms with Crippen LogP contribution in [-0.4, -0.2) is 43.7 Å². The lowest BCUT2D eigenvalue weighted by atomic mass is 10.2. The van der Waals surface area contributed by atoms with Gasteiger partial charge >= 0.3 is 17.8 Å². The van der Waals surface area contributed by atoms with Crippen LogP contribution < -0.4 is 9.54 Å². The van der Waals surface area contributed by atoms with Gasteiger partial charge < -0.3 is 23.2 Å². The highest BCUT2D eigenvalue weighted by atomic mass is 32.1. The molecular weight excluding hydrogens is 436 g/mol. The molecule has 32 heavy (non-hydrogen) atoms. The molecular formula is C22H18N2O7S. The number of carbonyl (C=O) groups is 3. The summed E-state index contributed by atoms with van der Waals surface area (Å²) in [6, 6.07) is 11.8. The molecule has 2 aromatic carbocycles. The van der Waals surface area contributed by atoms with Gasteiger partial charge in [0.25, 0.3) is 0 Å². The van der Waals surface area contributed by atoms with Crippen LogP contribution in [0.3, 0.4) is 0 Å². The van der Waals surface area contributed by atoms with E-state index in [1.54, 1.807) is 47.0 Å². The Bertz CT molecular complexity index is 1430. The summed E-state index contributed by atoms with van der Waals surface area (Å²) in [5.74, 6) is -1.10. The van der Waals surface area contributed by atoms with Crippen LogP contribution in [0.25, 0.3) is 21.2 Å². The predicted molar refractivity (Wildman–Crippen MR) is 116 cm³/mol. The molecule has 0 saturated carbocycles. The third kappa shape index (κ3) is 3.87. The molecule has 10 heteroatoms. The number of benzene rings is 2. The Morgan fingerprint density at radius 3 is 2.59 bits per heavy atom. The van der Waals surface area contributed by atoms with Crippen molar-refractivity contribution in [2.24, 2.45) is 4.99 Å². The molecule has 0 N–H and O–H groups in total. The molecule has 1 amide bonds. The molecule has 0 aliphatic rings. The first-order valence-corrected chi connectivity index (χ1v) is 10.2. The second-order valence-electron chi connectivity index (χ2n) is 6.63. The van der Waals surface area contributed by atoms with E-state index < -0.39 is 17.8 Å². The Kier molecular flexibility index (Phi) is 5.78. The minimum absolute atomic E-state index is 0.0295. The van der Waals surface area contributed by atoms with Crippen LogP contribution in [0, 0.1) is 0 Å². The minimum atomic E-state index is -0.624. The second-order valence-corrected chi connectivity index (χ2v) is 7.64. The fourth-order valence-electron chi connectivity index (χ4n) is 3.19. The highest BCUT2D eigenvalue weighted by Gasteiger charge is 2.17. The number of furan rings is 1. The van der Waals surface area contributed by atoms with Crippen molar-refractivity contribution in [2.75, 3.05) is 21.3 Å². The lowest BCUT2D eigenvalue weighted by Crippen LogP contribution is -2.22. The van der Waals surface area contributed by atoms with Crippen LogP contribution >= 0.6 is 11.3 Å². The van der Waals surface area contributed by atoms with Gasteiger partial charge in [0.15, 0.2) is 21.9 Å². The van der Waals surface area contributed by atoms with Gasteiger partial charge in [0.2, 0.25) is 0 Å². The van der Waals surface area contributed by atoms with Gasteiger partial charge in [-0.2, -0.15) is 4.99 Å². The van der Waals surface area contributed by atoms with Crippen molar-refractivity contribution < 1.29 is 33.0 Å². The van der Waals surface area contributed by atoms with Gasteiger partial charge in [-0.1, -0.05) is 23.5 Å². The predicted octanol–water partition coefficient (Wildman–Crippen LogP) is 3.16. The molecule has 164 valence electrons. The molecule has 0 bridgehead atoms. The molecule has 0 saturated heterocycles. The monoisotopic (exact) mass is 454 g/mol. The number of amides is 1. The molecule has 0 aliphatic heterocycles. The number of esters is 2. The van der Waals surface area contributed by atoms with Crippen LogP contribution in [0.1, 0.15) is 20.9 Å². The average molecular weight is 454 g/mol. The molecule has 2 heterocycles. The van der Waals surface area contributed by atoms with Crippen molar-refractivity contribution in [3.63, 3.8) is 0 Å². The van der Waals surface area contributed by atoms with E-state index >= 15 is 0 Å². The molecule has 2 aromatic heterocycles. The maximum atomic E-state index is 12.9. The van der Waals surface area contributed by atoms with E-state index in [0.717, 1.165) is 11.3 Å². The van der Waals surface area contributed by atoms with Crippen molar-refractivity contribution in [1.29, 1.82) is 0 Å². The van der Waals surface area contributed by atoms with Crippen molar-refractivity contribution >= 4 is 50.4 Å². The topological polar surface area (TPSA) is 109 Å². The third-order valence-electron chi connectivity index (χ3n) is 4.75. The standard InChI is InChI=1S/C22H18N2O7S/c1-28-15-6-4-5-12-9-16(31-19(12)15)20(26)23-22-24(11-18(25)29-2)14-8-7-13(21(27)30-3)10-17(14)32-22/h4-10H,11H2,1-3H3. The summed E-state index contributed by atoms with van der Waals surface area (Å²) >= 11 is 1.15. The van der Waals surface area contributed by atoms with Gasteiger partial charge in [-0.15, -0.1) is 0 Å². The molecule has 0 fully saturated rings. The summed E-state index contributed by atoms with van der Waals surface area (Å²) in [4.78, 5) is 41.2. The number of methoxy groups -OCH3 is 3. The fourth-order valence-corrected chi connectivity index (χ4v) is 4.26. The number of carbonyl (C=O) groups excluding carboxylic acids is 3. The van der Waals surface area contributed by atoms with Gasteiger partial charge in [-0.05, 0) is 30.3 Å². The maximum absolute atomic E-state index is 12.9. The Morgan fingerprint density at radius 2 is 1.88 bits per heavy atom. The summed E-state index contributed by atoms with van der Waals surface area (Å²) in [5.41, 5.74) is 1.40.